The van der Waals surface area contributed by atoms with Crippen LogP contribution in [0.3, 0.4) is 0 Å². The summed E-state index contributed by atoms with van der Waals surface area (Å²) in [4.78, 5) is 12.4. The van der Waals surface area contributed by atoms with Crippen molar-refractivity contribution in [2.75, 3.05) is 11.5 Å². The first kappa shape index (κ1) is 13.5. The SMILES string of the molecule is Cc1cnc(Cn2nnc3c(N)nc(N)nc32)c(C)c1Cl. The Morgan fingerprint density at radius 3 is 2.76 bits per heavy atom. The van der Waals surface area contributed by atoms with Crippen LogP contribution in [0.4, 0.5) is 11.8 Å². The van der Waals surface area contributed by atoms with Crippen LogP contribution in [0, 0.1) is 13.8 Å². The summed E-state index contributed by atoms with van der Waals surface area (Å²) >= 11 is 6.24. The fraction of sp³-hybridized carbons (Fsp3) is 0.250. The predicted octanol–water partition coefficient (Wildman–Crippen LogP) is 1.10. The molecule has 0 amide bonds. The molecule has 0 bridgehead atoms. The van der Waals surface area contributed by atoms with Crippen molar-refractivity contribution in [3.8, 4) is 0 Å². The molecular weight excluding hydrogens is 292 g/mol. The Morgan fingerprint density at radius 2 is 2.00 bits per heavy atom. The van der Waals surface area contributed by atoms with Crippen molar-refractivity contribution >= 4 is 34.5 Å². The van der Waals surface area contributed by atoms with Gasteiger partial charge in [-0.2, -0.15) is 9.97 Å². The number of nitrogens with two attached hydrogens (primary N) is 2. The average molecular weight is 305 g/mol. The maximum absolute atomic E-state index is 6.24. The van der Waals surface area contributed by atoms with Gasteiger partial charge in [-0.05, 0) is 25.0 Å². The molecule has 0 radical (unpaired) electrons. The molecule has 9 heteroatoms. The topological polar surface area (TPSA) is 121 Å². The van der Waals surface area contributed by atoms with Crippen LogP contribution in [0.5, 0.6) is 0 Å². The van der Waals surface area contributed by atoms with Crippen molar-refractivity contribution in [3.63, 3.8) is 0 Å². The van der Waals surface area contributed by atoms with E-state index in [0.717, 1.165) is 16.8 Å². The molecule has 8 nitrogen and oxygen atoms in total. The molecular formula is C12H13ClN8. The summed E-state index contributed by atoms with van der Waals surface area (Å²) in [5.41, 5.74) is 14.9. The molecule has 108 valence electrons. The number of nitrogens with zero attached hydrogens (tertiary/aromatic N) is 6. The lowest BCUT2D eigenvalue weighted by molar-refractivity contribution is 0.649. The zero-order chi connectivity index (χ0) is 15.1. The molecule has 0 unspecified atom stereocenters. The number of hydrogen-bond donors (Lipinski definition) is 2. The molecule has 0 spiro atoms. The van der Waals surface area contributed by atoms with Gasteiger partial charge >= 0.3 is 0 Å². The van der Waals surface area contributed by atoms with Crippen LogP contribution in [0.25, 0.3) is 11.2 Å². The second-order valence-corrected chi connectivity index (χ2v) is 5.09. The molecule has 0 fully saturated rings. The molecule has 0 saturated carbocycles. The van der Waals surface area contributed by atoms with Gasteiger partial charge in [0.1, 0.15) is 0 Å². The molecule has 3 heterocycles. The highest BCUT2D eigenvalue weighted by molar-refractivity contribution is 6.32. The molecule has 4 N–H and O–H groups in total. The Kier molecular flexibility index (Phi) is 3.09. The average Bonchev–Trinajstić information content (AvgIpc) is 2.83. The second-order valence-electron chi connectivity index (χ2n) is 4.71. The summed E-state index contributed by atoms with van der Waals surface area (Å²) in [6.07, 6.45) is 1.72. The van der Waals surface area contributed by atoms with Crippen LogP contribution in [-0.4, -0.2) is 29.9 Å². The minimum absolute atomic E-state index is 0.0789. The summed E-state index contributed by atoms with van der Waals surface area (Å²) in [5, 5.41) is 8.70. The summed E-state index contributed by atoms with van der Waals surface area (Å²) in [5.74, 6) is 0.283. The van der Waals surface area contributed by atoms with Crippen molar-refractivity contribution in [2.24, 2.45) is 0 Å². The maximum atomic E-state index is 6.24. The van der Waals surface area contributed by atoms with Crippen LogP contribution >= 0.6 is 11.6 Å². The summed E-state index contributed by atoms with van der Waals surface area (Å²) in [6, 6.07) is 0. The Hall–Kier alpha value is -2.48. The number of rotatable bonds is 2. The number of pyridine rings is 1. The third-order valence-electron chi connectivity index (χ3n) is 3.23. The zero-order valence-corrected chi connectivity index (χ0v) is 12.3. The fourth-order valence-corrected chi connectivity index (χ4v) is 2.21. The highest BCUT2D eigenvalue weighted by Gasteiger charge is 2.14. The smallest absolute Gasteiger partial charge is 0.224 e. The van der Waals surface area contributed by atoms with E-state index in [2.05, 4.69) is 25.3 Å². The van der Waals surface area contributed by atoms with Crippen molar-refractivity contribution in [1.29, 1.82) is 0 Å². The van der Waals surface area contributed by atoms with Gasteiger partial charge in [0, 0.05) is 11.2 Å². The molecule has 0 aromatic carbocycles. The molecule has 0 aliphatic heterocycles. The Bertz CT molecular complexity index is 841. The first-order valence-electron chi connectivity index (χ1n) is 6.20. The maximum Gasteiger partial charge on any atom is 0.224 e. The fourth-order valence-electron chi connectivity index (χ4n) is 2.05. The first-order valence-corrected chi connectivity index (χ1v) is 6.58. The number of halogens is 1. The van der Waals surface area contributed by atoms with Gasteiger partial charge in [0.2, 0.25) is 5.95 Å². The monoisotopic (exact) mass is 304 g/mol. The summed E-state index contributed by atoms with van der Waals surface area (Å²) < 4.78 is 1.57. The lowest BCUT2D eigenvalue weighted by atomic mass is 10.1. The number of hydrogen-bond acceptors (Lipinski definition) is 7. The van der Waals surface area contributed by atoms with E-state index in [9.17, 15) is 0 Å². The highest BCUT2D eigenvalue weighted by Crippen LogP contribution is 2.23. The lowest BCUT2D eigenvalue weighted by Gasteiger charge is -2.08. The van der Waals surface area contributed by atoms with Crippen molar-refractivity contribution in [1.82, 2.24) is 29.9 Å². The van der Waals surface area contributed by atoms with Gasteiger partial charge < -0.3 is 11.5 Å². The van der Waals surface area contributed by atoms with Crippen LogP contribution < -0.4 is 11.5 Å². The number of fused-ring (bicyclic) bond motifs is 1. The molecule has 0 aliphatic carbocycles. The van der Waals surface area contributed by atoms with E-state index in [-0.39, 0.29) is 11.8 Å². The van der Waals surface area contributed by atoms with Gasteiger partial charge in [-0.3, -0.25) is 4.98 Å². The van der Waals surface area contributed by atoms with Gasteiger partial charge in [0.15, 0.2) is 17.0 Å². The van der Waals surface area contributed by atoms with Gasteiger partial charge in [-0.15, -0.1) is 5.10 Å². The summed E-state index contributed by atoms with van der Waals surface area (Å²) in [6.45, 7) is 4.19. The molecule has 3 aromatic heterocycles. The van der Waals surface area contributed by atoms with Crippen molar-refractivity contribution in [3.05, 3.63) is 28.0 Å². The van der Waals surface area contributed by atoms with E-state index >= 15 is 0 Å². The minimum atomic E-state index is 0.0789. The third-order valence-corrected chi connectivity index (χ3v) is 3.81. The third kappa shape index (κ3) is 2.23. The highest BCUT2D eigenvalue weighted by atomic mass is 35.5. The lowest BCUT2D eigenvalue weighted by Crippen LogP contribution is -2.08. The van der Waals surface area contributed by atoms with Crippen LogP contribution in [0.2, 0.25) is 5.02 Å². The number of nitrogen functional groups attached to an aromatic ring is 2. The summed E-state index contributed by atoms with van der Waals surface area (Å²) in [7, 11) is 0. The van der Waals surface area contributed by atoms with Crippen molar-refractivity contribution < 1.29 is 0 Å². The zero-order valence-electron chi connectivity index (χ0n) is 11.5. The van der Waals surface area contributed by atoms with Crippen LogP contribution in [0.15, 0.2) is 6.20 Å². The van der Waals surface area contributed by atoms with Gasteiger partial charge in [0.25, 0.3) is 0 Å². The van der Waals surface area contributed by atoms with Gasteiger partial charge in [-0.1, -0.05) is 16.8 Å². The molecule has 3 rings (SSSR count). The number of anilines is 2. The largest absolute Gasteiger partial charge is 0.382 e. The second kappa shape index (κ2) is 4.81. The normalized spacial score (nSPS) is 11.2. The Morgan fingerprint density at radius 1 is 1.24 bits per heavy atom. The molecule has 0 atom stereocenters. The van der Waals surface area contributed by atoms with Crippen molar-refractivity contribution in [2.45, 2.75) is 20.4 Å². The first-order chi connectivity index (χ1) is 9.97. The number of aromatic nitrogens is 6. The van der Waals surface area contributed by atoms with E-state index in [4.69, 9.17) is 23.1 Å². The van der Waals surface area contributed by atoms with E-state index in [1.54, 1.807) is 10.9 Å². The van der Waals surface area contributed by atoms with E-state index in [1.807, 2.05) is 13.8 Å². The predicted molar refractivity (Wildman–Crippen MR) is 79.8 cm³/mol. The number of aryl methyl sites for hydroxylation is 1. The Labute approximate surface area is 125 Å². The van der Waals surface area contributed by atoms with Gasteiger partial charge in [0.05, 0.1) is 12.2 Å². The Balaban J connectivity index is 2.09. The quantitative estimate of drug-likeness (QED) is 0.727. The molecule has 3 aromatic rings. The van der Waals surface area contributed by atoms with Gasteiger partial charge in [-0.25, -0.2) is 4.68 Å². The standard InChI is InChI=1S/C12H13ClN8/c1-5-3-16-7(6(2)8(5)13)4-21-11-9(19-20-21)10(14)17-12(15)18-11/h3H,4H2,1-2H3,(H4,14,15,17,18). The molecule has 0 aliphatic rings. The van der Waals surface area contributed by atoms with Crippen LogP contribution in [0.1, 0.15) is 16.8 Å². The minimum Gasteiger partial charge on any atom is -0.382 e. The molecule has 0 saturated heterocycles. The van der Waals surface area contributed by atoms with E-state index < -0.39 is 0 Å². The van der Waals surface area contributed by atoms with E-state index in [0.29, 0.717) is 22.7 Å². The molecule has 21 heavy (non-hydrogen) atoms. The van der Waals surface area contributed by atoms with E-state index in [1.165, 1.54) is 0 Å². The van der Waals surface area contributed by atoms with Crippen LogP contribution in [-0.2, 0) is 6.54 Å².